The predicted octanol–water partition coefficient (Wildman–Crippen LogP) is 1.60. The number of benzene rings is 1. The molecule has 0 bridgehead atoms. The molecule has 1 fully saturated rings. The third-order valence-electron chi connectivity index (χ3n) is 5.78. The van der Waals surface area contributed by atoms with Gasteiger partial charge < -0.3 is 15.8 Å². The van der Waals surface area contributed by atoms with Crippen molar-refractivity contribution in [3.63, 3.8) is 0 Å². The Labute approximate surface area is 184 Å². The second-order valence-electron chi connectivity index (χ2n) is 7.61. The van der Waals surface area contributed by atoms with Crippen LogP contribution < -0.4 is 15.8 Å². The van der Waals surface area contributed by atoms with Crippen LogP contribution in [0.3, 0.4) is 0 Å². The summed E-state index contributed by atoms with van der Waals surface area (Å²) in [5, 5.41) is 1.71. The summed E-state index contributed by atoms with van der Waals surface area (Å²) in [6, 6.07) is 3.97. The zero-order chi connectivity index (χ0) is 23.1. The number of hydrogen-bond acceptors (Lipinski definition) is 8. The van der Waals surface area contributed by atoms with Gasteiger partial charge in [0.05, 0.1) is 19.0 Å². The van der Waals surface area contributed by atoms with Gasteiger partial charge in [-0.1, -0.05) is 0 Å². The maximum atomic E-state index is 15.0. The minimum Gasteiger partial charge on any atom is -0.477 e. The van der Waals surface area contributed by atoms with Gasteiger partial charge in [-0.15, -0.1) is 0 Å². The Morgan fingerprint density at radius 3 is 2.84 bits per heavy atom. The zero-order valence-electron chi connectivity index (χ0n) is 17.6. The Morgan fingerprint density at radius 1 is 1.38 bits per heavy atom. The van der Waals surface area contributed by atoms with Gasteiger partial charge in [0.1, 0.15) is 22.3 Å². The number of halogens is 1. The van der Waals surface area contributed by atoms with Gasteiger partial charge in [0.15, 0.2) is 0 Å². The van der Waals surface area contributed by atoms with Crippen molar-refractivity contribution in [2.75, 3.05) is 19.0 Å². The number of aliphatic imine (C=N–C) groups is 1. The first-order valence-electron chi connectivity index (χ1n) is 10.1. The Bertz CT molecular complexity index is 1190. The van der Waals surface area contributed by atoms with Crippen molar-refractivity contribution >= 4 is 27.6 Å². The Kier molecular flexibility index (Phi) is 5.49. The summed E-state index contributed by atoms with van der Waals surface area (Å²) in [4.78, 5) is 25.0. The van der Waals surface area contributed by atoms with E-state index in [2.05, 4.69) is 20.3 Å². The first-order chi connectivity index (χ1) is 15.2. The van der Waals surface area contributed by atoms with Crippen LogP contribution >= 0.6 is 0 Å². The molecule has 1 aromatic carbocycles. The van der Waals surface area contributed by atoms with E-state index < -0.39 is 32.5 Å². The molecule has 0 spiro atoms. The number of hydrogen-bond donors (Lipinski definition) is 2. The summed E-state index contributed by atoms with van der Waals surface area (Å²) < 4.78 is 47.0. The number of nitrogens with two attached hydrogens (primary N) is 1. The maximum Gasteiger partial charge on any atom is 0.275 e. The van der Waals surface area contributed by atoms with E-state index in [0.717, 1.165) is 4.31 Å². The molecule has 1 aliphatic carbocycles. The number of carbonyl (C=O) groups excluding carboxylic acids is 1. The topological polar surface area (TPSA) is 140 Å². The standard InChI is InChI=1S/C20H23FN6O4S/c1-3-31-17-11-23-15(10-24-17)18(28)25-12-6-7-14(21)13(9-12)20-8-4-5-16(20)32(29,30)27(2)19(22)26-20/h6-7,9-11,16H,3-5,8H2,1-2H3,(H2,22,26)(H,25,28)/t16-,20-/m1/s1. The smallest absolute Gasteiger partial charge is 0.275 e. The van der Waals surface area contributed by atoms with E-state index in [9.17, 15) is 17.6 Å². The molecule has 0 unspecified atom stereocenters. The first-order valence-corrected chi connectivity index (χ1v) is 11.6. The fourth-order valence-electron chi connectivity index (χ4n) is 4.23. The van der Waals surface area contributed by atoms with Gasteiger partial charge in [-0.05, 0) is 44.4 Å². The lowest BCUT2D eigenvalue weighted by Crippen LogP contribution is -2.55. The normalized spacial score (nSPS) is 23.9. The van der Waals surface area contributed by atoms with Gasteiger partial charge in [0, 0.05) is 18.3 Å². The highest BCUT2D eigenvalue weighted by atomic mass is 32.2. The summed E-state index contributed by atoms with van der Waals surface area (Å²) in [5.41, 5.74) is 4.93. The number of fused-ring (bicyclic) bond motifs is 1. The van der Waals surface area contributed by atoms with Gasteiger partial charge in [-0.3, -0.25) is 4.79 Å². The van der Waals surface area contributed by atoms with E-state index >= 15 is 0 Å². The SMILES string of the molecule is CCOc1cnc(C(=O)Nc2ccc(F)c([C@]34CCC[C@H]3S(=O)(=O)N(C)C(N)=N4)c2)cn1. The number of guanidine groups is 1. The predicted molar refractivity (Wildman–Crippen MR) is 115 cm³/mol. The number of aromatic nitrogens is 2. The summed E-state index contributed by atoms with van der Waals surface area (Å²) >= 11 is 0. The fourth-order valence-corrected chi connectivity index (χ4v) is 6.17. The summed E-state index contributed by atoms with van der Waals surface area (Å²) in [6.07, 6.45) is 3.81. The third kappa shape index (κ3) is 3.53. The van der Waals surface area contributed by atoms with Crippen molar-refractivity contribution in [3.8, 4) is 5.88 Å². The molecule has 32 heavy (non-hydrogen) atoms. The van der Waals surface area contributed by atoms with Crippen molar-refractivity contribution in [1.29, 1.82) is 0 Å². The lowest BCUT2D eigenvalue weighted by molar-refractivity contribution is 0.102. The van der Waals surface area contributed by atoms with E-state index in [-0.39, 0.29) is 22.9 Å². The van der Waals surface area contributed by atoms with E-state index in [1.807, 2.05) is 0 Å². The Morgan fingerprint density at radius 2 is 2.16 bits per heavy atom. The summed E-state index contributed by atoms with van der Waals surface area (Å²) in [6.45, 7) is 2.22. The Balaban J connectivity index is 1.68. The third-order valence-corrected chi connectivity index (χ3v) is 8.07. The van der Waals surface area contributed by atoms with Crippen LogP contribution in [-0.2, 0) is 15.6 Å². The van der Waals surface area contributed by atoms with Gasteiger partial charge in [0.25, 0.3) is 5.91 Å². The molecule has 3 N–H and O–H groups in total. The summed E-state index contributed by atoms with van der Waals surface area (Å²) in [5.74, 6) is -1.08. The number of anilines is 1. The molecule has 0 radical (unpaired) electrons. The van der Waals surface area contributed by atoms with Crippen molar-refractivity contribution in [3.05, 3.63) is 47.7 Å². The van der Waals surface area contributed by atoms with Crippen LogP contribution in [0.2, 0.25) is 0 Å². The molecule has 1 amide bonds. The van der Waals surface area contributed by atoms with Gasteiger partial charge >= 0.3 is 0 Å². The van der Waals surface area contributed by atoms with Crippen LogP contribution in [0.1, 0.15) is 42.2 Å². The van der Waals surface area contributed by atoms with Crippen LogP contribution in [0.25, 0.3) is 0 Å². The number of amides is 1. The number of nitrogens with zero attached hydrogens (tertiary/aromatic N) is 4. The second kappa shape index (κ2) is 8.01. The van der Waals surface area contributed by atoms with Crippen molar-refractivity contribution < 1.29 is 22.3 Å². The van der Waals surface area contributed by atoms with Crippen LogP contribution in [-0.4, -0.2) is 53.5 Å². The van der Waals surface area contributed by atoms with Crippen LogP contribution in [0, 0.1) is 5.82 Å². The molecule has 2 aliphatic rings. The lowest BCUT2D eigenvalue weighted by atomic mass is 9.87. The molecule has 12 heteroatoms. The molecule has 170 valence electrons. The van der Waals surface area contributed by atoms with Crippen LogP contribution in [0.15, 0.2) is 35.6 Å². The average Bonchev–Trinajstić information content (AvgIpc) is 3.20. The van der Waals surface area contributed by atoms with E-state index in [0.29, 0.717) is 31.7 Å². The highest BCUT2D eigenvalue weighted by Crippen LogP contribution is 2.49. The molecule has 1 aliphatic heterocycles. The zero-order valence-corrected chi connectivity index (χ0v) is 18.4. The number of rotatable bonds is 5. The fraction of sp³-hybridized carbons (Fsp3) is 0.400. The molecule has 2 atom stereocenters. The van der Waals surface area contributed by atoms with Crippen LogP contribution in [0.4, 0.5) is 10.1 Å². The molecule has 10 nitrogen and oxygen atoms in total. The largest absolute Gasteiger partial charge is 0.477 e. The molecule has 1 aromatic heterocycles. The highest BCUT2D eigenvalue weighted by molar-refractivity contribution is 7.90. The van der Waals surface area contributed by atoms with Crippen molar-refractivity contribution in [1.82, 2.24) is 14.3 Å². The second-order valence-corrected chi connectivity index (χ2v) is 9.76. The van der Waals surface area contributed by atoms with E-state index in [1.54, 1.807) is 6.92 Å². The van der Waals surface area contributed by atoms with Gasteiger partial charge in [-0.25, -0.2) is 32.1 Å². The van der Waals surface area contributed by atoms with Crippen molar-refractivity contribution in [2.24, 2.45) is 10.7 Å². The molecule has 4 rings (SSSR count). The number of sulfonamides is 1. The van der Waals surface area contributed by atoms with E-state index in [4.69, 9.17) is 10.5 Å². The number of ether oxygens (including phenoxy) is 1. The van der Waals surface area contributed by atoms with Crippen LogP contribution in [0.5, 0.6) is 5.88 Å². The number of nitrogens with one attached hydrogen (secondary N) is 1. The van der Waals surface area contributed by atoms with Gasteiger partial charge in [-0.2, -0.15) is 0 Å². The average molecular weight is 463 g/mol. The van der Waals surface area contributed by atoms with E-state index in [1.165, 1.54) is 37.6 Å². The first kappa shape index (κ1) is 21.9. The molecule has 2 aromatic rings. The highest BCUT2D eigenvalue weighted by Gasteiger charge is 2.56. The molecule has 1 saturated carbocycles. The molecular weight excluding hydrogens is 439 g/mol. The van der Waals surface area contributed by atoms with Crippen molar-refractivity contribution in [2.45, 2.75) is 37.0 Å². The number of carbonyl (C=O) groups is 1. The minimum atomic E-state index is -3.81. The maximum absolute atomic E-state index is 15.0. The monoisotopic (exact) mass is 462 g/mol. The lowest BCUT2D eigenvalue weighted by Gasteiger charge is -2.39. The minimum absolute atomic E-state index is 0.0420. The van der Waals surface area contributed by atoms with Gasteiger partial charge in [0.2, 0.25) is 21.9 Å². The Hall–Kier alpha value is -3.28. The quantitative estimate of drug-likeness (QED) is 0.688. The molecule has 2 heterocycles. The molecule has 0 saturated heterocycles. The summed E-state index contributed by atoms with van der Waals surface area (Å²) in [7, 11) is -2.47. The molecular formula is C20H23FN6O4S.